The molecule has 13 heavy (non-hydrogen) atoms. The van der Waals surface area contributed by atoms with Gasteiger partial charge in [0, 0.05) is 0 Å². The predicted molar refractivity (Wildman–Crippen MR) is 50.6 cm³/mol. The first-order valence-corrected chi connectivity index (χ1v) is 4.89. The zero-order valence-electron chi connectivity index (χ0n) is 9.00. The summed E-state index contributed by atoms with van der Waals surface area (Å²) in [6.07, 6.45) is -0.128. The summed E-state index contributed by atoms with van der Waals surface area (Å²) >= 11 is 0. The molecule has 1 unspecified atom stereocenters. The van der Waals surface area contributed by atoms with E-state index in [0.29, 0.717) is 19.1 Å². The highest BCUT2D eigenvalue weighted by Crippen LogP contribution is 2.22. The van der Waals surface area contributed by atoms with Crippen molar-refractivity contribution in [1.29, 1.82) is 0 Å². The summed E-state index contributed by atoms with van der Waals surface area (Å²) in [7, 11) is 0. The second-order valence-corrected chi connectivity index (χ2v) is 4.36. The van der Waals surface area contributed by atoms with Crippen LogP contribution in [0.15, 0.2) is 0 Å². The van der Waals surface area contributed by atoms with Crippen molar-refractivity contribution in [3.05, 3.63) is 0 Å². The van der Waals surface area contributed by atoms with Crippen LogP contribution in [-0.4, -0.2) is 31.7 Å². The minimum absolute atomic E-state index is 0.115. The van der Waals surface area contributed by atoms with Crippen LogP contribution in [-0.2, 0) is 14.2 Å². The van der Waals surface area contributed by atoms with Crippen LogP contribution in [0.25, 0.3) is 0 Å². The SMILES string of the molecule is CC(C)COC(C)OC1(C)COC1. The third-order valence-corrected chi connectivity index (χ3v) is 1.93. The van der Waals surface area contributed by atoms with Crippen molar-refractivity contribution in [2.45, 2.75) is 39.6 Å². The Balaban J connectivity index is 2.13. The Morgan fingerprint density at radius 2 is 1.92 bits per heavy atom. The average Bonchev–Trinajstić information content (AvgIpc) is 1.98. The Bertz CT molecular complexity index is 152. The van der Waals surface area contributed by atoms with Gasteiger partial charge in [0.1, 0.15) is 5.60 Å². The van der Waals surface area contributed by atoms with Gasteiger partial charge in [0.05, 0.1) is 19.8 Å². The molecule has 3 heteroatoms. The van der Waals surface area contributed by atoms with Crippen molar-refractivity contribution < 1.29 is 14.2 Å². The minimum atomic E-state index is -0.128. The molecule has 0 N–H and O–H groups in total. The molecule has 0 amide bonds. The molecule has 1 heterocycles. The second-order valence-electron chi connectivity index (χ2n) is 4.36. The molecule has 1 rings (SSSR count). The highest BCUT2D eigenvalue weighted by atomic mass is 16.7. The second kappa shape index (κ2) is 4.40. The first-order chi connectivity index (χ1) is 6.02. The van der Waals surface area contributed by atoms with E-state index in [9.17, 15) is 0 Å². The molecular weight excluding hydrogens is 168 g/mol. The molecule has 1 aliphatic heterocycles. The summed E-state index contributed by atoms with van der Waals surface area (Å²) in [6.45, 7) is 10.3. The van der Waals surface area contributed by atoms with E-state index in [4.69, 9.17) is 14.2 Å². The molecule has 3 nitrogen and oxygen atoms in total. The Morgan fingerprint density at radius 1 is 1.31 bits per heavy atom. The quantitative estimate of drug-likeness (QED) is 0.616. The standard InChI is InChI=1S/C10H20O3/c1-8(2)5-12-9(3)13-10(4)6-11-7-10/h8-9H,5-7H2,1-4H3. The molecule has 0 aromatic carbocycles. The molecule has 1 aliphatic rings. The van der Waals surface area contributed by atoms with Crippen LogP contribution >= 0.6 is 0 Å². The van der Waals surface area contributed by atoms with Crippen LogP contribution in [0.3, 0.4) is 0 Å². The van der Waals surface area contributed by atoms with E-state index in [2.05, 4.69) is 13.8 Å². The molecule has 0 saturated carbocycles. The van der Waals surface area contributed by atoms with Gasteiger partial charge >= 0.3 is 0 Å². The normalized spacial score (nSPS) is 22.8. The molecule has 0 spiro atoms. The number of hydrogen-bond acceptors (Lipinski definition) is 3. The van der Waals surface area contributed by atoms with Crippen LogP contribution in [0, 0.1) is 5.92 Å². The third-order valence-electron chi connectivity index (χ3n) is 1.93. The van der Waals surface area contributed by atoms with Gasteiger partial charge in [-0.3, -0.25) is 0 Å². The fourth-order valence-electron chi connectivity index (χ4n) is 1.22. The molecule has 0 aliphatic carbocycles. The van der Waals surface area contributed by atoms with Crippen LogP contribution < -0.4 is 0 Å². The summed E-state index contributed by atoms with van der Waals surface area (Å²) < 4.78 is 16.3. The number of hydrogen-bond donors (Lipinski definition) is 0. The van der Waals surface area contributed by atoms with Gasteiger partial charge < -0.3 is 14.2 Å². The first-order valence-electron chi connectivity index (χ1n) is 4.89. The Hall–Kier alpha value is -0.120. The van der Waals surface area contributed by atoms with Crippen LogP contribution in [0.5, 0.6) is 0 Å². The van der Waals surface area contributed by atoms with Crippen molar-refractivity contribution in [3.8, 4) is 0 Å². The Morgan fingerprint density at radius 3 is 2.31 bits per heavy atom. The molecule has 0 aromatic heterocycles. The molecule has 0 aromatic rings. The van der Waals surface area contributed by atoms with E-state index in [0.717, 1.165) is 6.61 Å². The maximum absolute atomic E-state index is 5.68. The lowest BCUT2D eigenvalue weighted by atomic mass is 10.1. The lowest BCUT2D eigenvalue weighted by Crippen LogP contribution is -2.51. The molecule has 1 fully saturated rings. The molecule has 1 atom stereocenters. The Kier molecular flexibility index (Phi) is 3.71. The largest absolute Gasteiger partial charge is 0.375 e. The summed E-state index contributed by atoms with van der Waals surface area (Å²) in [5.74, 6) is 0.552. The maximum Gasteiger partial charge on any atom is 0.155 e. The van der Waals surface area contributed by atoms with E-state index in [1.54, 1.807) is 0 Å². The fraction of sp³-hybridized carbons (Fsp3) is 1.00. The highest BCUT2D eigenvalue weighted by Gasteiger charge is 2.36. The molecular formula is C10H20O3. The Labute approximate surface area is 80.4 Å². The van der Waals surface area contributed by atoms with Crippen LogP contribution in [0.1, 0.15) is 27.7 Å². The first kappa shape index (κ1) is 11.0. The predicted octanol–water partition coefficient (Wildman–Crippen LogP) is 1.81. The van der Waals surface area contributed by atoms with E-state index >= 15 is 0 Å². The topological polar surface area (TPSA) is 27.7 Å². The van der Waals surface area contributed by atoms with Crippen LogP contribution in [0.4, 0.5) is 0 Å². The summed E-state index contributed by atoms with van der Waals surface area (Å²) in [6, 6.07) is 0. The van der Waals surface area contributed by atoms with Crippen molar-refractivity contribution in [3.63, 3.8) is 0 Å². The van der Waals surface area contributed by atoms with Crippen molar-refractivity contribution in [2.75, 3.05) is 19.8 Å². The zero-order chi connectivity index (χ0) is 9.90. The van der Waals surface area contributed by atoms with E-state index in [1.807, 2.05) is 13.8 Å². The maximum atomic E-state index is 5.68. The van der Waals surface area contributed by atoms with Gasteiger partial charge in [-0.25, -0.2) is 0 Å². The van der Waals surface area contributed by atoms with Crippen LogP contribution in [0.2, 0.25) is 0 Å². The van der Waals surface area contributed by atoms with Crippen molar-refractivity contribution in [2.24, 2.45) is 5.92 Å². The summed E-state index contributed by atoms with van der Waals surface area (Å²) in [5, 5.41) is 0. The van der Waals surface area contributed by atoms with Gasteiger partial charge in [-0.15, -0.1) is 0 Å². The van der Waals surface area contributed by atoms with Crippen molar-refractivity contribution >= 4 is 0 Å². The molecule has 0 radical (unpaired) electrons. The number of rotatable bonds is 5. The highest BCUT2D eigenvalue weighted by molar-refractivity contribution is 4.82. The van der Waals surface area contributed by atoms with E-state index in [-0.39, 0.29) is 11.9 Å². The monoisotopic (exact) mass is 188 g/mol. The third kappa shape index (κ3) is 3.63. The van der Waals surface area contributed by atoms with Gasteiger partial charge in [-0.2, -0.15) is 0 Å². The molecule has 0 bridgehead atoms. The zero-order valence-corrected chi connectivity index (χ0v) is 9.00. The van der Waals surface area contributed by atoms with Gasteiger partial charge in [-0.05, 0) is 19.8 Å². The van der Waals surface area contributed by atoms with Gasteiger partial charge in [0.15, 0.2) is 6.29 Å². The van der Waals surface area contributed by atoms with E-state index in [1.165, 1.54) is 0 Å². The lowest BCUT2D eigenvalue weighted by molar-refractivity contribution is -0.273. The minimum Gasteiger partial charge on any atom is -0.375 e. The van der Waals surface area contributed by atoms with Gasteiger partial charge in [0.25, 0.3) is 0 Å². The lowest BCUT2D eigenvalue weighted by Gasteiger charge is -2.39. The average molecular weight is 188 g/mol. The fourth-order valence-corrected chi connectivity index (χ4v) is 1.22. The van der Waals surface area contributed by atoms with E-state index < -0.39 is 0 Å². The van der Waals surface area contributed by atoms with Gasteiger partial charge in [0.2, 0.25) is 0 Å². The van der Waals surface area contributed by atoms with Gasteiger partial charge in [-0.1, -0.05) is 13.8 Å². The van der Waals surface area contributed by atoms with Crippen molar-refractivity contribution in [1.82, 2.24) is 0 Å². The summed E-state index contributed by atoms with van der Waals surface area (Å²) in [4.78, 5) is 0. The number of ether oxygens (including phenoxy) is 3. The molecule has 1 saturated heterocycles. The smallest absolute Gasteiger partial charge is 0.155 e. The molecule has 78 valence electrons. The summed E-state index contributed by atoms with van der Waals surface area (Å²) in [5.41, 5.74) is -0.115.